The van der Waals surface area contributed by atoms with E-state index in [1.54, 1.807) is 36.4 Å². The van der Waals surface area contributed by atoms with E-state index in [0.29, 0.717) is 34.3 Å². The Labute approximate surface area is 156 Å². The lowest BCUT2D eigenvalue weighted by Gasteiger charge is -2.10. The van der Waals surface area contributed by atoms with Gasteiger partial charge in [-0.1, -0.05) is 41.4 Å². The van der Waals surface area contributed by atoms with Crippen molar-refractivity contribution < 1.29 is 14.3 Å². The number of carbonyl (C=O) groups excluding carboxylic acids is 2. The fourth-order valence-electron chi connectivity index (χ4n) is 2.21. The number of hydrogen-bond acceptors (Lipinski definition) is 3. The van der Waals surface area contributed by atoms with E-state index < -0.39 is 0 Å². The molecule has 0 atom stereocenters. The number of para-hydroxylation sites is 1. The molecule has 132 valence electrons. The van der Waals surface area contributed by atoms with Crippen LogP contribution in [0, 0.1) is 0 Å². The van der Waals surface area contributed by atoms with Crippen LogP contribution in [0.25, 0.3) is 0 Å². The molecule has 2 rings (SSSR count). The first-order chi connectivity index (χ1) is 12.0. The molecule has 25 heavy (non-hydrogen) atoms. The van der Waals surface area contributed by atoms with Gasteiger partial charge in [-0.25, -0.2) is 0 Å². The fourth-order valence-corrected chi connectivity index (χ4v) is 2.71. The van der Waals surface area contributed by atoms with Gasteiger partial charge in [-0.05, 0) is 36.2 Å². The van der Waals surface area contributed by atoms with E-state index in [4.69, 9.17) is 27.9 Å². The maximum atomic E-state index is 12.1. The van der Waals surface area contributed by atoms with Crippen LogP contribution in [0.4, 0.5) is 0 Å². The SMILES string of the molecule is COc1ccccc1C(=O)NCC(=O)NCCc1ccc(Cl)cc1Cl. The first-order valence-corrected chi connectivity index (χ1v) is 8.38. The molecule has 2 amide bonds. The van der Waals surface area contributed by atoms with Gasteiger partial charge in [0.25, 0.3) is 5.91 Å². The second-order valence-corrected chi connectivity index (χ2v) is 6.06. The van der Waals surface area contributed by atoms with Gasteiger partial charge in [-0.2, -0.15) is 0 Å². The number of ether oxygens (including phenoxy) is 1. The highest BCUT2D eigenvalue weighted by Gasteiger charge is 2.12. The summed E-state index contributed by atoms with van der Waals surface area (Å²) in [6.45, 7) is 0.288. The van der Waals surface area contributed by atoms with Gasteiger partial charge >= 0.3 is 0 Å². The van der Waals surface area contributed by atoms with Crippen LogP contribution in [0.3, 0.4) is 0 Å². The molecule has 7 heteroatoms. The molecular weight excluding hydrogens is 363 g/mol. The molecule has 0 aromatic heterocycles. The lowest BCUT2D eigenvalue weighted by molar-refractivity contribution is -0.120. The summed E-state index contributed by atoms with van der Waals surface area (Å²) >= 11 is 11.9. The molecule has 0 unspecified atom stereocenters. The van der Waals surface area contributed by atoms with Crippen molar-refractivity contribution in [1.82, 2.24) is 10.6 Å². The second-order valence-electron chi connectivity index (χ2n) is 5.22. The molecule has 0 radical (unpaired) electrons. The van der Waals surface area contributed by atoms with Crippen molar-refractivity contribution in [3.8, 4) is 5.75 Å². The predicted octanol–water partition coefficient (Wildman–Crippen LogP) is 3.09. The normalized spacial score (nSPS) is 10.2. The average Bonchev–Trinajstić information content (AvgIpc) is 2.61. The van der Waals surface area contributed by atoms with Gasteiger partial charge in [-0.15, -0.1) is 0 Å². The van der Waals surface area contributed by atoms with Gasteiger partial charge in [0.1, 0.15) is 5.75 Å². The van der Waals surface area contributed by atoms with Crippen molar-refractivity contribution in [2.45, 2.75) is 6.42 Å². The number of benzene rings is 2. The molecule has 0 saturated heterocycles. The van der Waals surface area contributed by atoms with Crippen molar-refractivity contribution in [2.75, 3.05) is 20.2 Å². The standard InChI is InChI=1S/C18H18Cl2N2O3/c1-25-16-5-3-2-4-14(16)18(24)22-11-17(23)21-9-8-12-6-7-13(19)10-15(12)20/h2-7,10H,8-9,11H2,1H3,(H,21,23)(H,22,24). The van der Waals surface area contributed by atoms with Gasteiger partial charge in [0.2, 0.25) is 5.91 Å². The molecule has 0 fully saturated rings. The maximum Gasteiger partial charge on any atom is 0.255 e. The zero-order valence-corrected chi connectivity index (χ0v) is 15.2. The summed E-state index contributed by atoms with van der Waals surface area (Å²) < 4.78 is 5.12. The van der Waals surface area contributed by atoms with Crippen molar-refractivity contribution in [3.05, 3.63) is 63.6 Å². The topological polar surface area (TPSA) is 67.4 Å². The molecule has 0 bridgehead atoms. The smallest absolute Gasteiger partial charge is 0.255 e. The summed E-state index contributed by atoms with van der Waals surface area (Å²) in [7, 11) is 1.49. The molecule has 5 nitrogen and oxygen atoms in total. The first kappa shape index (κ1) is 19.1. The molecule has 0 aliphatic rings. The lowest BCUT2D eigenvalue weighted by atomic mass is 10.1. The Bertz CT molecular complexity index is 766. The van der Waals surface area contributed by atoms with E-state index in [9.17, 15) is 9.59 Å². The van der Waals surface area contributed by atoms with E-state index in [-0.39, 0.29) is 18.4 Å². The fraction of sp³-hybridized carbons (Fsp3) is 0.222. The molecule has 2 N–H and O–H groups in total. The number of halogens is 2. The van der Waals surface area contributed by atoms with Crippen molar-refractivity contribution >= 4 is 35.0 Å². The molecule has 0 spiro atoms. The quantitative estimate of drug-likeness (QED) is 0.775. The zero-order chi connectivity index (χ0) is 18.2. The van der Waals surface area contributed by atoms with Gasteiger partial charge in [0, 0.05) is 16.6 Å². The average molecular weight is 381 g/mol. The van der Waals surface area contributed by atoms with Crippen LogP contribution < -0.4 is 15.4 Å². The van der Waals surface area contributed by atoms with Crippen LogP contribution >= 0.6 is 23.2 Å². The molecular formula is C18H18Cl2N2O3. The minimum Gasteiger partial charge on any atom is -0.496 e. The van der Waals surface area contributed by atoms with Gasteiger partial charge in [0.15, 0.2) is 0 Å². The van der Waals surface area contributed by atoms with Gasteiger partial charge in [0.05, 0.1) is 19.2 Å². The highest BCUT2D eigenvalue weighted by Crippen LogP contribution is 2.21. The van der Waals surface area contributed by atoms with Crippen LogP contribution in [0.1, 0.15) is 15.9 Å². The summed E-state index contributed by atoms with van der Waals surface area (Å²) in [5, 5.41) is 6.43. The van der Waals surface area contributed by atoms with E-state index in [1.807, 2.05) is 6.07 Å². The summed E-state index contributed by atoms with van der Waals surface area (Å²) in [6, 6.07) is 12.0. The third-order valence-electron chi connectivity index (χ3n) is 3.49. The highest BCUT2D eigenvalue weighted by molar-refractivity contribution is 6.35. The Morgan fingerprint density at radius 3 is 2.56 bits per heavy atom. The number of methoxy groups -OCH3 is 1. The molecule has 0 aliphatic carbocycles. The van der Waals surface area contributed by atoms with Crippen LogP contribution in [-0.4, -0.2) is 32.0 Å². The van der Waals surface area contributed by atoms with E-state index >= 15 is 0 Å². The monoisotopic (exact) mass is 380 g/mol. The Morgan fingerprint density at radius 2 is 1.84 bits per heavy atom. The minimum atomic E-state index is -0.367. The third-order valence-corrected chi connectivity index (χ3v) is 4.08. The largest absolute Gasteiger partial charge is 0.496 e. The highest BCUT2D eigenvalue weighted by atomic mass is 35.5. The maximum absolute atomic E-state index is 12.1. The number of carbonyl (C=O) groups is 2. The summed E-state index contributed by atoms with van der Waals surface area (Å²) in [5.74, 6) is -0.195. The Hall–Kier alpha value is -2.24. The number of nitrogens with one attached hydrogen (secondary N) is 2. The van der Waals surface area contributed by atoms with Crippen LogP contribution in [0.5, 0.6) is 5.75 Å². The van der Waals surface area contributed by atoms with Crippen molar-refractivity contribution in [2.24, 2.45) is 0 Å². The van der Waals surface area contributed by atoms with Crippen LogP contribution in [-0.2, 0) is 11.2 Å². The van der Waals surface area contributed by atoms with E-state index in [0.717, 1.165) is 5.56 Å². The van der Waals surface area contributed by atoms with Crippen molar-refractivity contribution in [1.29, 1.82) is 0 Å². The van der Waals surface area contributed by atoms with Gasteiger partial charge in [-0.3, -0.25) is 9.59 Å². The molecule has 0 aliphatic heterocycles. The van der Waals surface area contributed by atoms with E-state index in [1.165, 1.54) is 7.11 Å². The Kier molecular flexibility index (Phi) is 7.10. The molecule has 2 aromatic carbocycles. The minimum absolute atomic E-state index is 0.120. The van der Waals surface area contributed by atoms with Crippen LogP contribution in [0.2, 0.25) is 10.0 Å². The van der Waals surface area contributed by atoms with Gasteiger partial charge < -0.3 is 15.4 Å². The number of amides is 2. The number of hydrogen-bond donors (Lipinski definition) is 2. The second kappa shape index (κ2) is 9.30. The lowest BCUT2D eigenvalue weighted by Crippen LogP contribution is -2.37. The Morgan fingerprint density at radius 1 is 1.08 bits per heavy atom. The predicted molar refractivity (Wildman–Crippen MR) is 98.5 cm³/mol. The molecule has 2 aromatic rings. The molecule has 0 saturated carbocycles. The Balaban J connectivity index is 1.78. The summed E-state index contributed by atoms with van der Waals surface area (Å²) in [5.41, 5.74) is 1.27. The summed E-state index contributed by atoms with van der Waals surface area (Å²) in [4.78, 5) is 24.0. The van der Waals surface area contributed by atoms with E-state index in [2.05, 4.69) is 10.6 Å². The first-order valence-electron chi connectivity index (χ1n) is 7.63. The third kappa shape index (κ3) is 5.66. The summed E-state index contributed by atoms with van der Waals surface area (Å²) in [6.07, 6.45) is 0.572. The molecule has 0 heterocycles. The number of rotatable bonds is 7. The van der Waals surface area contributed by atoms with Crippen molar-refractivity contribution in [3.63, 3.8) is 0 Å². The zero-order valence-electron chi connectivity index (χ0n) is 13.6. The van der Waals surface area contributed by atoms with Crippen LogP contribution in [0.15, 0.2) is 42.5 Å².